The number of nitrogens with one attached hydrogen (secondary N) is 1. The maximum absolute atomic E-state index is 5.75. The Morgan fingerprint density at radius 3 is 2.87 bits per heavy atom. The van der Waals surface area contributed by atoms with Gasteiger partial charge in [-0.3, -0.25) is 0 Å². The maximum Gasteiger partial charge on any atom is 0.215 e. The molecule has 0 unspecified atom stereocenters. The van der Waals surface area contributed by atoms with Crippen LogP contribution in [-0.2, 0) is 4.74 Å². The first kappa shape index (κ1) is 11.6. The van der Waals surface area contributed by atoms with E-state index in [1.54, 1.807) is 26.4 Å². The molecule has 0 aliphatic rings. The fourth-order valence-corrected chi connectivity index (χ4v) is 1.13. The number of hydrogen-bond acceptors (Lipinski definition) is 5. The van der Waals surface area contributed by atoms with Gasteiger partial charge >= 0.3 is 0 Å². The molecule has 1 rings (SSSR count). The Labute approximate surface area is 89.6 Å². The van der Waals surface area contributed by atoms with E-state index in [1.165, 1.54) is 0 Å². The van der Waals surface area contributed by atoms with Gasteiger partial charge in [-0.25, -0.2) is 0 Å². The van der Waals surface area contributed by atoms with E-state index in [0.717, 1.165) is 19.6 Å². The molecule has 0 atom stereocenters. The molecular formula is C10H17N3O2. The van der Waals surface area contributed by atoms with Crippen LogP contribution in [0.25, 0.3) is 0 Å². The minimum Gasteiger partial charge on any atom is -0.481 e. The van der Waals surface area contributed by atoms with E-state index in [4.69, 9.17) is 15.2 Å². The lowest BCUT2D eigenvalue weighted by Crippen LogP contribution is -2.08. The van der Waals surface area contributed by atoms with E-state index < -0.39 is 0 Å². The van der Waals surface area contributed by atoms with Crippen LogP contribution in [0, 0.1) is 0 Å². The summed E-state index contributed by atoms with van der Waals surface area (Å²) in [6.07, 6.45) is 0.912. The minimum absolute atomic E-state index is 0.554. The zero-order valence-electron chi connectivity index (χ0n) is 9.12. The second-order valence-corrected chi connectivity index (χ2v) is 3.06. The van der Waals surface area contributed by atoms with Gasteiger partial charge in [-0.15, -0.1) is 0 Å². The summed E-state index contributed by atoms with van der Waals surface area (Å²) in [7, 11) is 3.26. The Hall–Kier alpha value is -1.49. The van der Waals surface area contributed by atoms with Gasteiger partial charge in [0.15, 0.2) is 5.82 Å². The summed E-state index contributed by atoms with van der Waals surface area (Å²) in [6.45, 7) is 1.50. The van der Waals surface area contributed by atoms with Crippen molar-refractivity contribution in [3.05, 3.63) is 12.1 Å². The highest BCUT2D eigenvalue weighted by Gasteiger charge is 2.01. The summed E-state index contributed by atoms with van der Waals surface area (Å²) < 4.78 is 9.94. The van der Waals surface area contributed by atoms with Crippen molar-refractivity contribution in [3.8, 4) is 5.88 Å². The molecule has 0 saturated heterocycles. The molecular weight excluding hydrogens is 194 g/mol. The molecule has 1 aromatic rings. The number of hydrogen-bond donors (Lipinski definition) is 2. The van der Waals surface area contributed by atoms with E-state index in [0.29, 0.717) is 17.4 Å². The largest absolute Gasteiger partial charge is 0.481 e. The Morgan fingerprint density at radius 1 is 1.40 bits per heavy atom. The molecule has 0 amide bonds. The quantitative estimate of drug-likeness (QED) is 0.690. The predicted octanol–water partition coefficient (Wildman–Crippen LogP) is 1.12. The number of nitrogens with zero attached hydrogens (tertiary/aromatic N) is 1. The van der Waals surface area contributed by atoms with Gasteiger partial charge in [0.05, 0.1) is 12.8 Å². The standard InChI is InChI=1S/C10H17N3O2/c1-14-7-3-6-12-10-8(11)4-5-9(13-10)15-2/h4-5H,3,6-7,11H2,1-2H3,(H,12,13). The number of rotatable bonds is 6. The molecule has 3 N–H and O–H groups in total. The van der Waals surface area contributed by atoms with Crippen LogP contribution in [-0.4, -0.2) is 32.4 Å². The fourth-order valence-electron chi connectivity index (χ4n) is 1.13. The van der Waals surface area contributed by atoms with Crippen molar-refractivity contribution in [1.29, 1.82) is 0 Å². The highest BCUT2D eigenvalue weighted by Crippen LogP contribution is 2.19. The number of nitrogens with two attached hydrogens (primary N) is 1. The molecule has 0 fully saturated rings. The van der Waals surface area contributed by atoms with Crippen molar-refractivity contribution in [3.63, 3.8) is 0 Å². The van der Waals surface area contributed by atoms with Crippen LogP contribution < -0.4 is 15.8 Å². The third-order valence-corrected chi connectivity index (χ3v) is 1.93. The topological polar surface area (TPSA) is 69.4 Å². The Balaban J connectivity index is 2.51. The lowest BCUT2D eigenvalue weighted by atomic mass is 10.3. The number of methoxy groups -OCH3 is 2. The van der Waals surface area contributed by atoms with Crippen LogP contribution >= 0.6 is 0 Å². The second-order valence-electron chi connectivity index (χ2n) is 3.06. The summed E-state index contributed by atoms with van der Waals surface area (Å²) in [4.78, 5) is 4.19. The molecule has 5 heteroatoms. The van der Waals surface area contributed by atoms with Crippen molar-refractivity contribution < 1.29 is 9.47 Å². The van der Waals surface area contributed by atoms with E-state index in [1.807, 2.05) is 0 Å². The van der Waals surface area contributed by atoms with Crippen LogP contribution in [0.3, 0.4) is 0 Å². The van der Waals surface area contributed by atoms with Gasteiger partial charge in [0, 0.05) is 26.3 Å². The SMILES string of the molecule is COCCCNc1nc(OC)ccc1N. The first-order chi connectivity index (χ1) is 7.27. The van der Waals surface area contributed by atoms with Crippen molar-refractivity contribution in [1.82, 2.24) is 4.98 Å². The predicted molar refractivity (Wildman–Crippen MR) is 60.2 cm³/mol. The van der Waals surface area contributed by atoms with Gasteiger partial charge in [0.2, 0.25) is 5.88 Å². The van der Waals surface area contributed by atoms with Gasteiger partial charge in [-0.05, 0) is 12.5 Å². The first-order valence-corrected chi connectivity index (χ1v) is 4.81. The molecule has 15 heavy (non-hydrogen) atoms. The van der Waals surface area contributed by atoms with Crippen molar-refractivity contribution in [2.24, 2.45) is 0 Å². The van der Waals surface area contributed by atoms with Gasteiger partial charge < -0.3 is 20.5 Å². The number of pyridine rings is 1. The Morgan fingerprint density at radius 2 is 2.20 bits per heavy atom. The van der Waals surface area contributed by atoms with Crippen LogP contribution in [0.4, 0.5) is 11.5 Å². The van der Waals surface area contributed by atoms with E-state index >= 15 is 0 Å². The van der Waals surface area contributed by atoms with Crippen LogP contribution in [0.15, 0.2) is 12.1 Å². The average molecular weight is 211 g/mol. The van der Waals surface area contributed by atoms with Gasteiger partial charge in [0.25, 0.3) is 0 Å². The molecule has 0 bridgehead atoms. The van der Waals surface area contributed by atoms with Crippen LogP contribution in [0.5, 0.6) is 5.88 Å². The van der Waals surface area contributed by atoms with Gasteiger partial charge in [-0.1, -0.05) is 0 Å². The molecule has 1 aromatic heterocycles. The first-order valence-electron chi connectivity index (χ1n) is 4.81. The molecule has 84 valence electrons. The minimum atomic E-state index is 0.554. The third kappa shape index (κ3) is 3.63. The zero-order valence-corrected chi connectivity index (χ0v) is 9.12. The number of nitrogen functional groups attached to an aromatic ring is 1. The van der Waals surface area contributed by atoms with Gasteiger partial charge in [-0.2, -0.15) is 4.98 Å². The number of aromatic nitrogens is 1. The lowest BCUT2D eigenvalue weighted by molar-refractivity contribution is 0.198. The molecule has 0 aliphatic heterocycles. The summed E-state index contributed by atoms with van der Waals surface area (Å²) in [5.74, 6) is 1.21. The highest BCUT2D eigenvalue weighted by molar-refractivity contribution is 5.61. The van der Waals surface area contributed by atoms with Crippen molar-refractivity contribution >= 4 is 11.5 Å². The fraction of sp³-hybridized carbons (Fsp3) is 0.500. The average Bonchev–Trinajstić information content (AvgIpc) is 2.26. The maximum atomic E-state index is 5.75. The molecule has 0 aromatic carbocycles. The number of anilines is 2. The van der Waals surface area contributed by atoms with E-state index in [9.17, 15) is 0 Å². The van der Waals surface area contributed by atoms with Crippen molar-refractivity contribution in [2.75, 3.05) is 38.4 Å². The molecule has 1 heterocycles. The Bertz CT molecular complexity index is 305. The summed E-state index contributed by atoms with van der Waals surface area (Å²) in [5.41, 5.74) is 6.37. The van der Waals surface area contributed by atoms with Crippen LogP contribution in [0.2, 0.25) is 0 Å². The molecule has 0 saturated carbocycles. The second kappa shape index (κ2) is 6.08. The highest BCUT2D eigenvalue weighted by atomic mass is 16.5. The summed E-state index contributed by atoms with van der Waals surface area (Å²) >= 11 is 0. The summed E-state index contributed by atoms with van der Waals surface area (Å²) in [6, 6.07) is 3.50. The molecule has 5 nitrogen and oxygen atoms in total. The van der Waals surface area contributed by atoms with Gasteiger partial charge in [0.1, 0.15) is 0 Å². The smallest absolute Gasteiger partial charge is 0.215 e. The summed E-state index contributed by atoms with van der Waals surface area (Å²) in [5, 5.41) is 3.13. The van der Waals surface area contributed by atoms with E-state index in [2.05, 4.69) is 10.3 Å². The molecule has 0 aliphatic carbocycles. The number of ether oxygens (including phenoxy) is 2. The molecule has 0 radical (unpaired) electrons. The normalized spacial score (nSPS) is 10.0. The van der Waals surface area contributed by atoms with Crippen molar-refractivity contribution in [2.45, 2.75) is 6.42 Å². The zero-order chi connectivity index (χ0) is 11.1. The Kier molecular flexibility index (Phi) is 4.70. The monoisotopic (exact) mass is 211 g/mol. The third-order valence-electron chi connectivity index (χ3n) is 1.93. The molecule has 0 spiro atoms. The van der Waals surface area contributed by atoms with E-state index in [-0.39, 0.29) is 0 Å². The lowest BCUT2D eigenvalue weighted by Gasteiger charge is -2.09. The van der Waals surface area contributed by atoms with Crippen LogP contribution in [0.1, 0.15) is 6.42 Å².